The molecule has 17 heavy (non-hydrogen) atoms. The monoisotopic (exact) mass is 243 g/mol. The molecule has 0 heterocycles. The van der Waals surface area contributed by atoms with Gasteiger partial charge >= 0.3 is 5.97 Å². The molecular formula is C12H21NO4. The molecule has 98 valence electrons. The lowest BCUT2D eigenvalue weighted by atomic mass is 10.2. The smallest absolute Gasteiger partial charge is 0.327 e. The largest absolute Gasteiger partial charge is 0.478 e. The van der Waals surface area contributed by atoms with E-state index in [9.17, 15) is 9.59 Å². The number of rotatable bonds is 8. The number of hydrogen-bond donors (Lipinski definition) is 1. The molecule has 0 aromatic rings. The first kappa shape index (κ1) is 15.6. The van der Waals surface area contributed by atoms with Gasteiger partial charge in [-0.15, -0.1) is 0 Å². The van der Waals surface area contributed by atoms with Crippen LogP contribution in [0.25, 0.3) is 0 Å². The van der Waals surface area contributed by atoms with Crippen LogP contribution >= 0.6 is 0 Å². The highest BCUT2D eigenvalue weighted by Gasteiger charge is 2.15. The second-order valence-corrected chi connectivity index (χ2v) is 4.69. The number of hydrogen-bond acceptors (Lipinski definition) is 3. The summed E-state index contributed by atoms with van der Waals surface area (Å²) in [5.74, 6) is -0.935. The number of amides is 1. The van der Waals surface area contributed by atoms with Gasteiger partial charge in [0.1, 0.15) is 0 Å². The maximum Gasteiger partial charge on any atom is 0.327 e. The molecule has 0 aromatic heterocycles. The van der Waals surface area contributed by atoms with Crippen molar-refractivity contribution in [1.29, 1.82) is 0 Å². The van der Waals surface area contributed by atoms with E-state index < -0.39 is 5.97 Å². The van der Waals surface area contributed by atoms with Crippen molar-refractivity contribution in [2.24, 2.45) is 0 Å². The second kappa shape index (κ2) is 7.84. The van der Waals surface area contributed by atoms with E-state index >= 15 is 0 Å². The van der Waals surface area contributed by atoms with E-state index in [4.69, 9.17) is 9.94 Å². The Morgan fingerprint density at radius 2 is 2.00 bits per heavy atom. The molecule has 0 aliphatic carbocycles. The van der Waals surface area contributed by atoms with Gasteiger partial charge in [0.25, 0.3) is 0 Å². The van der Waals surface area contributed by atoms with Gasteiger partial charge in [-0.25, -0.2) is 9.86 Å². The van der Waals surface area contributed by atoms with Gasteiger partial charge in [0.15, 0.2) is 0 Å². The Hall–Kier alpha value is -1.36. The van der Waals surface area contributed by atoms with Crippen LogP contribution in [0.15, 0.2) is 12.2 Å². The minimum absolute atomic E-state index is 0.385. The zero-order valence-electron chi connectivity index (χ0n) is 10.7. The lowest BCUT2D eigenvalue weighted by Gasteiger charge is -2.26. The van der Waals surface area contributed by atoms with Crippen LogP contribution in [0.2, 0.25) is 0 Å². The van der Waals surface area contributed by atoms with Gasteiger partial charge in [-0.05, 0) is 40.0 Å². The van der Waals surface area contributed by atoms with Gasteiger partial charge in [0.05, 0.1) is 5.60 Å². The Balaban J connectivity index is 3.71. The zero-order chi connectivity index (χ0) is 13.3. The predicted molar refractivity (Wildman–Crippen MR) is 64.2 cm³/mol. The summed E-state index contributed by atoms with van der Waals surface area (Å²) in [6.45, 7) is 6.14. The number of nitrogens with zero attached hydrogens (tertiary/aromatic N) is 1. The van der Waals surface area contributed by atoms with Crippen LogP contribution in [-0.2, 0) is 14.4 Å². The van der Waals surface area contributed by atoms with Gasteiger partial charge in [0.2, 0.25) is 6.41 Å². The third-order valence-electron chi connectivity index (χ3n) is 1.77. The van der Waals surface area contributed by atoms with Gasteiger partial charge in [-0.1, -0.05) is 6.08 Å². The third-order valence-corrected chi connectivity index (χ3v) is 1.77. The molecule has 5 heteroatoms. The fourth-order valence-electron chi connectivity index (χ4n) is 1.19. The van der Waals surface area contributed by atoms with Crippen LogP contribution in [0.4, 0.5) is 0 Å². The molecule has 5 nitrogen and oxygen atoms in total. The summed E-state index contributed by atoms with van der Waals surface area (Å²) < 4.78 is 0. The van der Waals surface area contributed by atoms with Crippen molar-refractivity contribution in [2.75, 3.05) is 6.54 Å². The van der Waals surface area contributed by atoms with E-state index in [-0.39, 0.29) is 5.60 Å². The average Bonchev–Trinajstić information content (AvgIpc) is 2.19. The van der Waals surface area contributed by atoms with Crippen molar-refractivity contribution in [1.82, 2.24) is 5.06 Å². The van der Waals surface area contributed by atoms with Crippen LogP contribution in [0.1, 0.15) is 40.0 Å². The highest BCUT2D eigenvalue weighted by atomic mass is 16.7. The molecule has 0 bridgehead atoms. The molecule has 1 N–H and O–H groups in total. The van der Waals surface area contributed by atoms with Crippen LogP contribution in [0.3, 0.4) is 0 Å². The fourth-order valence-corrected chi connectivity index (χ4v) is 1.19. The van der Waals surface area contributed by atoms with Crippen molar-refractivity contribution < 1.29 is 19.5 Å². The molecule has 0 spiro atoms. The number of carbonyl (C=O) groups excluding carboxylic acids is 1. The Morgan fingerprint density at radius 3 is 2.47 bits per heavy atom. The quantitative estimate of drug-likeness (QED) is 0.306. The number of aliphatic carboxylic acids is 1. The van der Waals surface area contributed by atoms with Crippen LogP contribution < -0.4 is 0 Å². The standard InChI is InChI=1S/C12H21NO4/c1-12(2,3)17-13(10-14)9-7-5-4-6-8-11(15)16/h6,8,10H,4-5,7,9H2,1-3H3,(H,15,16)/b8-6+. The summed E-state index contributed by atoms with van der Waals surface area (Å²) in [4.78, 5) is 26.3. The maximum absolute atomic E-state index is 10.7. The van der Waals surface area contributed by atoms with E-state index in [0.29, 0.717) is 19.4 Å². The normalized spacial score (nSPS) is 11.7. The van der Waals surface area contributed by atoms with Crippen molar-refractivity contribution >= 4 is 12.4 Å². The van der Waals surface area contributed by atoms with Crippen molar-refractivity contribution in [3.63, 3.8) is 0 Å². The van der Waals surface area contributed by atoms with E-state index in [1.807, 2.05) is 20.8 Å². The summed E-state index contributed by atoms with van der Waals surface area (Å²) in [6, 6.07) is 0. The van der Waals surface area contributed by atoms with Gasteiger partial charge in [-0.2, -0.15) is 0 Å². The molecule has 0 fully saturated rings. The minimum atomic E-state index is -0.935. The van der Waals surface area contributed by atoms with Gasteiger partial charge in [-0.3, -0.25) is 9.63 Å². The molecule has 1 amide bonds. The lowest BCUT2D eigenvalue weighted by molar-refractivity contribution is -0.216. The maximum atomic E-state index is 10.7. The molecule has 0 aromatic carbocycles. The molecule has 0 aliphatic rings. The first-order chi connectivity index (χ1) is 7.85. The number of carbonyl (C=O) groups is 2. The molecule has 0 saturated heterocycles. The van der Waals surface area contributed by atoms with Crippen LogP contribution in [-0.4, -0.2) is 34.7 Å². The van der Waals surface area contributed by atoms with E-state index in [1.54, 1.807) is 6.08 Å². The minimum Gasteiger partial charge on any atom is -0.478 e. The Bertz CT molecular complexity index is 268. The summed E-state index contributed by atoms with van der Waals surface area (Å²) in [5, 5.41) is 9.64. The van der Waals surface area contributed by atoms with Gasteiger partial charge in [0, 0.05) is 12.6 Å². The highest BCUT2D eigenvalue weighted by molar-refractivity contribution is 5.79. The zero-order valence-corrected chi connectivity index (χ0v) is 10.7. The second-order valence-electron chi connectivity index (χ2n) is 4.69. The number of carboxylic acid groups (broad SMARTS) is 1. The van der Waals surface area contributed by atoms with Crippen molar-refractivity contribution in [3.05, 3.63) is 12.2 Å². The first-order valence-electron chi connectivity index (χ1n) is 5.65. The summed E-state index contributed by atoms with van der Waals surface area (Å²) >= 11 is 0. The molecular weight excluding hydrogens is 222 g/mol. The van der Waals surface area contributed by atoms with E-state index in [1.165, 1.54) is 5.06 Å². The van der Waals surface area contributed by atoms with Crippen LogP contribution in [0, 0.1) is 0 Å². The lowest BCUT2D eigenvalue weighted by Crippen LogP contribution is -2.33. The van der Waals surface area contributed by atoms with E-state index in [0.717, 1.165) is 18.9 Å². The Kier molecular flexibility index (Phi) is 7.21. The highest BCUT2D eigenvalue weighted by Crippen LogP contribution is 2.10. The topological polar surface area (TPSA) is 66.8 Å². The summed E-state index contributed by atoms with van der Waals surface area (Å²) in [6.07, 6.45) is 5.69. The van der Waals surface area contributed by atoms with Crippen LogP contribution in [0.5, 0.6) is 0 Å². The number of hydroxylamine groups is 2. The Morgan fingerprint density at radius 1 is 1.35 bits per heavy atom. The summed E-state index contributed by atoms with van der Waals surface area (Å²) in [7, 11) is 0. The number of allylic oxidation sites excluding steroid dienone is 1. The molecule has 0 rings (SSSR count). The molecule has 0 saturated carbocycles. The number of carboxylic acids is 1. The predicted octanol–water partition coefficient (Wildman–Crippen LogP) is 1.99. The Labute approximate surface area is 102 Å². The summed E-state index contributed by atoms with van der Waals surface area (Å²) in [5.41, 5.74) is -0.385. The molecule has 0 radical (unpaired) electrons. The van der Waals surface area contributed by atoms with E-state index in [2.05, 4.69) is 0 Å². The average molecular weight is 243 g/mol. The third kappa shape index (κ3) is 10.9. The van der Waals surface area contributed by atoms with Gasteiger partial charge < -0.3 is 5.11 Å². The number of unbranched alkanes of at least 4 members (excludes halogenated alkanes) is 2. The van der Waals surface area contributed by atoms with Crippen molar-refractivity contribution in [3.8, 4) is 0 Å². The molecule has 0 atom stereocenters. The fraction of sp³-hybridized carbons (Fsp3) is 0.667. The van der Waals surface area contributed by atoms with Crippen molar-refractivity contribution in [2.45, 2.75) is 45.6 Å². The first-order valence-corrected chi connectivity index (χ1v) is 5.65. The molecule has 0 unspecified atom stereocenters. The molecule has 0 aliphatic heterocycles. The SMILES string of the molecule is CC(C)(C)ON(C=O)CCCC/C=C/C(=O)O.